The molecule has 1 N–H and O–H groups in total. The molecule has 0 saturated carbocycles. The van der Waals surface area contributed by atoms with E-state index in [1.807, 2.05) is 72.8 Å². The Labute approximate surface area is 230 Å². The van der Waals surface area contributed by atoms with Crippen LogP contribution in [-0.2, 0) is 27.3 Å². The second-order valence-electron chi connectivity index (χ2n) is 8.87. The van der Waals surface area contributed by atoms with Gasteiger partial charge in [0.1, 0.15) is 24.7 Å². The normalized spacial score (nSPS) is 11.4. The van der Waals surface area contributed by atoms with Crippen molar-refractivity contribution in [2.24, 2.45) is 0 Å². The molecule has 3 aromatic carbocycles. The number of amides is 1. The lowest BCUT2D eigenvalue weighted by Crippen LogP contribution is -2.36. The molecule has 8 nitrogen and oxygen atoms in total. The number of hydrogen-bond donors (Lipinski definition) is 1. The molecule has 0 heterocycles. The van der Waals surface area contributed by atoms with Crippen LogP contribution in [0.15, 0.2) is 84.9 Å². The number of benzene rings is 3. The Balaban J connectivity index is 1.48. The molecule has 208 valence electrons. The Morgan fingerprint density at radius 1 is 0.769 bits per heavy atom. The maximum atomic E-state index is 12.9. The van der Waals surface area contributed by atoms with Crippen molar-refractivity contribution in [1.29, 1.82) is 0 Å². The number of para-hydroxylation sites is 1. The average Bonchev–Trinajstić information content (AvgIpc) is 2.96. The van der Waals surface area contributed by atoms with Crippen molar-refractivity contribution in [3.63, 3.8) is 0 Å². The number of carbonyl (C=O) groups is 2. The standard InChI is InChI=1S/C31H37NO7/c1-2-36-29(30(33)34)23-25-15-17-28(18-16-25)38-22-20-32(31(35)39-24-26-11-5-3-6-12-26)19-9-10-21-37-27-13-7-4-8-14-27/h3-8,11-18,29H,2,9-10,19-24H2,1H3,(H,33,34). The number of rotatable bonds is 17. The summed E-state index contributed by atoms with van der Waals surface area (Å²) in [6.07, 6.45) is 0.553. The number of carboxylic acid groups (broad SMARTS) is 1. The van der Waals surface area contributed by atoms with Crippen LogP contribution >= 0.6 is 0 Å². The van der Waals surface area contributed by atoms with E-state index in [0.717, 1.165) is 29.7 Å². The van der Waals surface area contributed by atoms with Gasteiger partial charge in [-0.3, -0.25) is 0 Å². The number of aliphatic carboxylic acids is 1. The van der Waals surface area contributed by atoms with E-state index in [4.69, 9.17) is 18.9 Å². The van der Waals surface area contributed by atoms with Gasteiger partial charge in [-0.25, -0.2) is 9.59 Å². The summed E-state index contributed by atoms with van der Waals surface area (Å²) in [4.78, 5) is 25.8. The highest BCUT2D eigenvalue weighted by molar-refractivity contribution is 5.72. The summed E-state index contributed by atoms with van der Waals surface area (Å²) >= 11 is 0. The Morgan fingerprint density at radius 2 is 1.41 bits per heavy atom. The van der Waals surface area contributed by atoms with E-state index in [-0.39, 0.29) is 19.6 Å². The summed E-state index contributed by atoms with van der Waals surface area (Å²) in [5.41, 5.74) is 1.76. The van der Waals surface area contributed by atoms with E-state index in [0.29, 0.717) is 32.1 Å². The molecule has 3 aromatic rings. The first kappa shape index (κ1) is 29.5. The third-order valence-corrected chi connectivity index (χ3v) is 5.92. The van der Waals surface area contributed by atoms with Gasteiger partial charge in [0.25, 0.3) is 0 Å². The lowest BCUT2D eigenvalue weighted by molar-refractivity contribution is -0.149. The van der Waals surface area contributed by atoms with Gasteiger partial charge in [0.2, 0.25) is 0 Å². The number of nitrogens with zero attached hydrogens (tertiary/aromatic N) is 1. The van der Waals surface area contributed by atoms with Gasteiger partial charge in [0, 0.05) is 19.6 Å². The lowest BCUT2D eigenvalue weighted by Gasteiger charge is -2.22. The van der Waals surface area contributed by atoms with Gasteiger partial charge in [-0.05, 0) is 55.2 Å². The summed E-state index contributed by atoms with van der Waals surface area (Å²) in [6, 6.07) is 26.4. The van der Waals surface area contributed by atoms with Crippen LogP contribution in [0.3, 0.4) is 0 Å². The molecule has 0 radical (unpaired) electrons. The van der Waals surface area contributed by atoms with Gasteiger partial charge in [-0.1, -0.05) is 60.7 Å². The van der Waals surface area contributed by atoms with Crippen LogP contribution in [0.1, 0.15) is 30.9 Å². The van der Waals surface area contributed by atoms with Gasteiger partial charge in [-0.2, -0.15) is 0 Å². The highest BCUT2D eigenvalue weighted by atomic mass is 16.6. The molecular weight excluding hydrogens is 498 g/mol. The molecule has 39 heavy (non-hydrogen) atoms. The average molecular weight is 536 g/mol. The van der Waals surface area contributed by atoms with Gasteiger partial charge < -0.3 is 29.0 Å². The van der Waals surface area contributed by atoms with Crippen LogP contribution in [0.4, 0.5) is 4.79 Å². The summed E-state index contributed by atoms with van der Waals surface area (Å²) < 4.78 is 22.5. The molecule has 8 heteroatoms. The van der Waals surface area contributed by atoms with E-state index >= 15 is 0 Å². The fourth-order valence-corrected chi connectivity index (χ4v) is 3.84. The second kappa shape index (κ2) is 16.7. The SMILES string of the molecule is CCOC(Cc1ccc(OCCN(CCCCOc2ccccc2)C(=O)OCc2ccccc2)cc1)C(=O)O. The predicted octanol–water partition coefficient (Wildman–Crippen LogP) is 5.60. The molecule has 3 rings (SSSR count). The number of carboxylic acids is 1. The fourth-order valence-electron chi connectivity index (χ4n) is 3.84. The third kappa shape index (κ3) is 11.1. The molecule has 0 bridgehead atoms. The monoisotopic (exact) mass is 535 g/mol. The fraction of sp³-hybridized carbons (Fsp3) is 0.355. The number of carbonyl (C=O) groups excluding carboxylic acids is 1. The smallest absolute Gasteiger partial charge is 0.410 e. The molecule has 0 saturated heterocycles. The van der Waals surface area contributed by atoms with Crippen molar-refractivity contribution in [2.75, 3.05) is 32.9 Å². The minimum Gasteiger partial charge on any atom is -0.494 e. The number of hydrogen-bond acceptors (Lipinski definition) is 6. The second-order valence-corrected chi connectivity index (χ2v) is 8.87. The molecular formula is C31H37NO7. The Kier molecular flexibility index (Phi) is 12.7. The van der Waals surface area contributed by atoms with Crippen molar-refractivity contribution in [3.8, 4) is 11.5 Å². The summed E-state index contributed by atoms with van der Waals surface area (Å²) in [6.45, 7) is 4.04. The largest absolute Gasteiger partial charge is 0.494 e. The Morgan fingerprint density at radius 3 is 2.08 bits per heavy atom. The highest BCUT2D eigenvalue weighted by Gasteiger charge is 2.18. The molecule has 0 aliphatic carbocycles. The van der Waals surface area contributed by atoms with Gasteiger partial charge in [-0.15, -0.1) is 0 Å². The summed E-state index contributed by atoms with van der Waals surface area (Å²) in [7, 11) is 0. The maximum Gasteiger partial charge on any atom is 0.410 e. The molecule has 0 spiro atoms. The molecule has 0 aromatic heterocycles. The van der Waals surface area contributed by atoms with Crippen molar-refractivity contribution < 1.29 is 33.6 Å². The third-order valence-electron chi connectivity index (χ3n) is 5.92. The molecule has 1 atom stereocenters. The van der Waals surface area contributed by atoms with Crippen LogP contribution < -0.4 is 9.47 Å². The molecule has 1 amide bonds. The zero-order valence-corrected chi connectivity index (χ0v) is 22.4. The molecule has 0 aliphatic heterocycles. The molecule has 0 fully saturated rings. The van der Waals surface area contributed by atoms with Crippen molar-refractivity contribution in [2.45, 2.75) is 38.9 Å². The molecule has 0 aliphatic rings. The van der Waals surface area contributed by atoms with Gasteiger partial charge >= 0.3 is 12.1 Å². The van der Waals surface area contributed by atoms with Crippen molar-refractivity contribution >= 4 is 12.1 Å². The van der Waals surface area contributed by atoms with E-state index in [2.05, 4.69) is 0 Å². The lowest BCUT2D eigenvalue weighted by atomic mass is 10.1. The summed E-state index contributed by atoms with van der Waals surface area (Å²) in [5.74, 6) is 0.478. The highest BCUT2D eigenvalue weighted by Crippen LogP contribution is 2.15. The van der Waals surface area contributed by atoms with Crippen molar-refractivity contribution in [1.82, 2.24) is 4.90 Å². The van der Waals surface area contributed by atoms with Crippen LogP contribution in [0.5, 0.6) is 11.5 Å². The zero-order chi connectivity index (χ0) is 27.7. The van der Waals surface area contributed by atoms with Crippen LogP contribution in [0.2, 0.25) is 0 Å². The number of unbranched alkanes of at least 4 members (excludes halogenated alkanes) is 1. The van der Waals surface area contributed by atoms with E-state index in [1.165, 1.54) is 0 Å². The van der Waals surface area contributed by atoms with E-state index < -0.39 is 18.2 Å². The first-order chi connectivity index (χ1) is 19.0. The minimum atomic E-state index is -0.983. The van der Waals surface area contributed by atoms with Gasteiger partial charge in [0.05, 0.1) is 13.2 Å². The first-order valence-corrected chi connectivity index (χ1v) is 13.2. The van der Waals surface area contributed by atoms with Crippen LogP contribution in [0, 0.1) is 0 Å². The first-order valence-electron chi connectivity index (χ1n) is 13.2. The van der Waals surface area contributed by atoms with Crippen molar-refractivity contribution in [3.05, 3.63) is 96.1 Å². The van der Waals surface area contributed by atoms with Gasteiger partial charge in [0.15, 0.2) is 6.10 Å². The van der Waals surface area contributed by atoms with Crippen LogP contribution in [-0.4, -0.2) is 61.1 Å². The molecule has 1 unspecified atom stereocenters. The summed E-state index contributed by atoms with van der Waals surface area (Å²) in [5, 5.41) is 9.28. The maximum absolute atomic E-state index is 12.9. The topological polar surface area (TPSA) is 94.5 Å². The zero-order valence-electron chi connectivity index (χ0n) is 22.4. The predicted molar refractivity (Wildman–Crippen MR) is 148 cm³/mol. The van der Waals surface area contributed by atoms with Crippen LogP contribution in [0.25, 0.3) is 0 Å². The minimum absolute atomic E-state index is 0.203. The Bertz CT molecular complexity index is 1110. The van der Waals surface area contributed by atoms with E-state index in [9.17, 15) is 14.7 Å². The Hall–Kier alpha value is -4.04. The number of ether oxygens (including phenoxy) is 4. The quantitative estimate of drug-likeness (QED) is 0.225. The van der Waals surface area contributed by atoms with E-state index in [1.54, 1.807) is 24.0 Å².